The van der Waals surface area contributed by atoms with Crippen molar-refractivity contribution in [2.24, 2.45) is 0 Å². The molecule has 0 aliphatic heterocycles. The molecule has 0 aromatic carbocycles. The van der Waals surface area contributed by atoms with E-state index < -0.39 is 6.03 Å². The van der Waals surface area contributed by atoms with Crippen LogP contribution in [0.1, 0.15) is 71.1 Å². The maximum Gasteiger partial charge on any atom is 0.321 e. The first-order valence-electron chi connectivity index (χ1n) is 9.02. The molecule has 0 aliphatic rings. The largest absolute Gasteiger partial charge is 0.423 e. The van der Waals surface area contributed by atoms with Crippen molar-refractivity contribution < 1.29 is 10.0 Å². The van der Waals surface area contributed by atoms with Crippen LogP contribution in [0.4, 0.5) is 10.7 Å². The fourth-order valence-electron chi connectivity index (χ4n) is 2.46. The minimum atomic E-state index is -0.424. The first-order chi connectivity index (χ1) is 11.6. The fourth-order valence-corrected chi connectivity index (χ4v) is 2.46. The van der Waals surface area contributed by atoms with Crippen LogP contribution in [0.2, 0.25) is 0 Å². The minimum absolute atomic E-state index is 0.0666. The summed E-state index contributed by atoms with van der Waals surface area (Å²) in [7, 11) is 0. The van der Waals surface area contributed by atoms with Crippen LogP contribution in [0.5, 0.6) is 0 Å². The molecule has 0 spiro atoms. The molecular weight excluding hydrogens is 306 g/mol. The van der Waals surface area contributed by atoms with Crippen molar-refractivity contribution >= 4 is 12.0 Å². The summed E-state index contributed by atoms with van der Waals surface area (Å²) in [6.45, 7) is 2.83. The summed E-state index contributed by atoms with van der Waals surface area (Å²) in [5.41, 5.74) is -0.144. The van der Waals surface area contributed by atoms with Gasteiger partial charge in [-0.05, 0) is 6.42 Å². The van der Waals surface area contributed by atoms with Gasteiger partial charge < -0.3 is 10.5 Å². The molecule has 1 aromatic rings. The molecule has 0 fully saturated rings. The maximum absolute atomic E-state index is 11.7. The highest BCUT2D eigenvalue weighted by Crippen LogP contribution is 2.10. The smallest absolute Gasteiger partial charge is 0.321 e. The Hall–Kier alpha value is -2.05. The second kappa shape index (κ2) is 12.4. The van der Waals surface area contributed by atoms with Crippen LogP contribution in [0, 0.1) is 5.41 Å². The second-order valence-electron chi connectivity index (χ2n) is 6.03. The lowest BCUT2D eigenvalue weighted by Gasteiger charge is -2.09. The molecule has 7 heteroatoms. The van der Waals surface area contributed by atoms with Crippen LogP contribution >= 0.6 is 0 Å². The van der Waals surface area contributed by atoms with E-state index in [1.165, 1.54) is 63.6 Å². The van der Waals surface area contributed by atoms with Gasteiger partial charge in [-0.2, -0.15) is 0 Å². The Morgan fingerprint density at radius 2 is 1.71 bits per heavy atom. The van der Waals surface area contributed by atoms with E-state index in [0.717, 1.165) is 12.8 Å². The van der Waals surface area contributed by atoms with E-state index in [1.807, 2.05) is 0 Å². The molecule has 1 heterocycles. The van der Waals surface area contributed by atoms with Crippen molar-refractivity contribution in [3.8, 4) is 0 Å². The highest BCUT2D eigenvalue weighted by atomic mass is 16.5. The third kappa shape index (κ3) is 8.55. The summed E-state index contributed by atoms with van der Waals surface area (Å²) in [5.74, 6) is -0.0666. The van der Waals surface area contributed by atoms with Gasteiger partial charge in [0, 0.05) is 18.8 Å². The number of rotatable bonds is 12. The van der Waals surface area contributed by atoms with Gasteiger partial charge in [0.25, 0.3) is 0 Å². The summed E-state index contributed by atoms with van der Waals surface area (Å²) < 4.78 is 0.528. The first-order valence-corrected chi connectivity index (χ1v) is 9.02. The zero-order valence-electron chi connectivity index (χ0n) is 14.7. The van der Waals surface area contributed by atoms with Crippen molar-refractivity contribution in [3.05, 3.63) is 17.8 Å². The van der Waals surface area contributed by atoms with Crippen LogP contribution < -0.4 is 16.1 Å². The number of hydrogen-bond donors (Lipinski definition) is 4. The van der Waals surface area contributed by atoms with Crippen LogP contribution in [0.3, 0.4) is 0 Å². The predicted molar refractivity (Wildman–Crippen MR) is 94.1 cm³/mol. The molecule has 0 saturated carbocycles. The van der Waals surface area contributed by atoms with Crippen LogP contribution in [-0.4, -0.2) is 27.5 Å². The van der Waals surface area contributed by atoms with Crippen molar-refractivity contribution in [2.45, 2.75) is 71.1 Å². The van der Waals surface area contributed by atoms with E-state index in [0.29, 0.717) is 11.3 Å². The number of hydrogen-bond acceptors (Lipinski definition) is 4. The van der Waals surface area contributed by atoms with Gasteiger partial charge in [-0.3, -0.25) is 10.7 Å². The highest BCUT2D eigenvalue weighted by Gasteiger charge is 2.06. The molecule has 1 aromatic heterocycles. The topological polar surface area (TPSA) is 103 Å². The van der Waals surface area contributed by atoms with Gasteiger partial charge in [0.15, 0.2) is 5.49 Å². The van der Waals surface area contributed by atoms with Crippen molar-refractivity contribution in [1.29, 1.82) is 5.41 Å². The number of urea groups is 1. The van der Waals surface area contributed by atoms with Gasteiger partial charge in [0.2, 0.25) is 5.95 Å². The van der Waals surface area contributed by atoms with E-state index in [2.05, 4.69) is 22.5 Å². The van der Waals surface area contributed by atoms with Crippen molar-refractivity contribution in [2.75, 3.05) is 11.9 Å². The lowest BCUT2D eigenvalue weighted by Crippen LogP contribution is -2.33. The average Bonchev–Trinajstić information content (AvgIpc) is 2.57. The molecule has 1 rings (SSSR count). The molecule has 136 valence electrons. The Morgan fingerprint density at radius 1 is 1.12 bits per heavy atom. The number of amides is 2. The number of carbonyl (C=O) groups excluding carboxylic acids is 1. The quantitative estimate of drug-likeness (QED) is 0.346. The number of unbranched alkanes of at least 4 members (excludes halogenated alkanes) is 9. The lowest BCUT2D eigenvalue weighted by molar-refractivity contribution is 0.172. The molecular formula is C17H31N5O2. The molecule has 0 bridgehead atoms. The van der Waals surface area contributed by atoms with Gasteiger partial charge >= 0.3 is 6.03 Å². The zero-order chi connectivity index (χ0) is 17.6. The van der Waals surface area contributed by atoms with Gasteiger partial charge in [-0.25, -0.2) is 9.78 Å². The number of anilines is 1. The van der Waals surface area contributed by atoms with Gasteiger partial charge in [0.1, 0.15) is 0 Å². The van der Waals surface area contributed by atoms with Crippen molar-refractivity contribution in [1.82, 2.24) is 15.0 Å². The third-order valence-corrected chi connectivity index (χ3v) is 3.90. The van der Waals surface area contributed by atoms with Crippen LogP contribution in [-0.2, 0) is 0 Å². The fraction of sp³-hybridized carbons (Fsp3) is 0.706. The summed E-state index contributed by atoms with van der Waals surface area (Å²) >= 11 is 0. The monoisotopic (exact) mass is 337 g/mol. The Bertz CT molecular complexity index is 530. The molecule has 0 saturated heterocycles. The Morgan fingerprint density at radius 3 is 2.33 bits per heavy atom. The molecule has 24 heavy (non-hydrogen) atoms. The van der Waals surface area contributed by atoms with E-state index >= 15 is 0 Å². The van der Waals surface area contributed by atoms with Gasteiger partial charge in [-0.15, -0.1) is 4.73 Å². The normalized spacial score (nSPS) is 10.5. The average molecular weight is 337 g/mol. The van der Waals surface area contributed by atoms with E-state index in [1.54, 1.807) is 0 Å². The van der Waals surface area contributed by atoms with Gasteiger partial charge in [0.05, 0.1) is 0 Å². The molecule has 4 N–H and O–H groups in total. The zero-order valence-corrected chi connectivity index (χ0v) is 14.7. The number of carbonyl (C=O) groups is 1. The van der Waals surface area contributed by atoms with Gasteiger partial charge in [-0.1, -0.05) is 64.7 Å². The standard InChI is InChI=1S/C17H31N5O2/c1-2-3-4-5-6-7-8-9-10-11-13-20-17(23)21-16-19-14-12-15(18)22(16)24/h12,14,18,24H,2-11,13H2,1H3,(H2,19,20,21,23). The number of nitrogens with zero attached hydrogens (tertiary/aromatic N) is 2. The Balaban J connectivity index is 2.00. The van der Waals surface area contributed by atoms with E-state index in [4.69, 9.17) is 5.41 Å². The number of aromatic nitrogens is 2. The third-order valence-electron chi connectivity index (χ3n) is 3.90. The summed E-state index contributed by atoms with van der Waals surface area (Å²) in [5, 5.41) is 22.1. The predicted octanol–water partition coefficient (Wildman–Crippen LogP) is 3.64. The molecule has 2 amide bonds. The Kier molecular flexibility index (Phi) is 10.3. The molecule has 7 nitrogen and oxygen atoms in total. The lowest BCUT2D eigenvalue weighted by atomic mass is 10.1. The Labute approximate surface area is 144 Å². The number of nitrogens with one attached hydrogen (secondary N) is 3. The summed E-state index contributed by atoms with van der Waals surface area (Å²) in [6, 6.07) is 0.902. The summed E-state index contributed by atoms with van der Waals surface area (Å²) in [6.07, 6.45) is 13.9. The van der Waals surface area contributed by atoms with Crippen LogP contribution in [0.25, 0.3) is 0 Å². The van der Waals surface area contributed by atoms with Crippen LogP contribution in [0.15, 0.2) is 12.3 Å². The molecule has 0 aliphatic carbocycles. The van der Waals surface area contributed by atoms with E-state index in [-0.39, 0.29) is 11.4 Å². The molecule has 0 atom stereocenters. The second-order valence-corrected chi connectivity index (χ2v) is 6.03. The SMILES string of the molecule is CCCCCCCCCCCCNC(=O)Nc1nccc(=N)n1O. The van der Waals surface area contributed by atoms with Crippen molar-refractivity contribution in [3.63, 3.8) is 0 Å². The minimum Gasteiger partial charge on any atom is -0.423 e. The highest BCUT2D eigenvalue weighted by molar-refractivity contribution is 5.87. The first kappa shape index (κ1) is 20.0. The maximum atomic E-state index is 11.7. The summed E-state index contributed by atoms with van der Waals surface area (Å²) in [4.78, 5) is 15.5. The molecule has 0 radical (unpaired) electrons. The molecule has 0 unspecified atom stereocenters. The van der Waals surface area contributed by atoms with E-state index in [9.17, 15) is 10.0 Å².